The summed E-state index contributed by atoms with van der Waals surface area (Å²) in [6.45, 7) is 2.41. The zero-order valence-corrected chi connectivity index (χ0v) is 26.7. The first-order chi connectivity index (χ1) is 22.5. The fourth-order valence-electron chi connectivity index (χ4n) is 5.06. The Morgan fingerprint density at radius 3 is 2.30 bits per heavy atom. The van der Waals surface area contributed by atoms with Gasteiger partial charge in [-0.1, -0.05) is 54.6 Å². The first kappa shape index (κ1) is 31.9. The van der Waals surface area contributed by atoms with Crippen molar-refractivity contribution in [2.45, 2.75) is 16.7 Å². The molecule has 0 saturated carbocycles. The van der Waals surface area contributed by atoms with E-state index in [2.05, 4.69) is 30.5 Å². The van der Waals surface area contributed by atoms with Crippen molar-refractivity contribution in [1.29, 1.82) is 0 Å². The van der Waals surface area contributed by atoms with E-state index in [0.29, 0.717) is 17.3 Å². The van der Waals surface area contributed by atoms with Gasteiger partial charge in [0.05, 0.1) is 10.6 Å². The molecule has 47 heavy (non-hydrogen) atoms. The Bertz CT molecular complexity index is 2330. The van der Waals surface area contributed by atoms with Gasteiger partial charge in [0, 0.05) is 23.0 Å². The summed E-state index contributed by atoms with van der Waals surface area (Å²) in [5.74, 6) is -0.175. The van der Waals surface area contributed by atoms with Crippen molar-refractivity contribution in [1.82, 2.24) is 15.0 Å². The Kier molecular flexibility index (Phi) is 8.81. The van der Waals surface area contributed by atoms with Crippen molar-refractivity contribution < 1.29 is 26.8 Å². The number of rotatable bonds is 9. The SMILES string of the molecule is CCN(c1ccccc1)c1nc(Cl)nc(Nc2cc(S(=O)O)cc3ccc(/N=N/c4ccc5ccccc5c4S(=O)(=O)O)c(O)c23)n1. The number of nitrogens with zero attached hydrogens (tertiary/aromatic N) is 6. The van der Waals surface area contributed by atoms with Gasteiger partial charge in [-0.2, -0.15) is 23.4 Å². The van der Waals surface area contributed by atoms with E-state index in [1.165, 1.54) is 36.4 Å². The zero-order chi connectivity index (χ0) is 33.3. The zero-order valence-electron chi connectivity index (χ0n) is 24.3. The van der Waals surface area contributed by atoms with Crippen molar-refractivity contribution in [3.63, 3.8) is 0 Å². The van der Waals surface area contributed by atoms with Gasteiger partial charge in [0.2, 0.25) is 17.2 Å². The van der Waals surface area contributed by atoms with Crippen LogP contribution < -0.4 is 10.2 Å². The minimum absolute atomic E-state index is 0.0163. The van der Waals surface area contributed by atoms with Crippen LogP contribution in [0.15, 0.2) is 111 Å². The maximum absolute atomic E-state index is 12.3. The summed E-state index contributed by atoms with van der Waals surface area (Å²) in [5, 5.41) is 23.8. The second-order valence-corrected chi connectivity index (χ2v) is 12.7. The summed E-state index contributed by atoms with van der Waals surface area (Å²) in [5.41, 5.74) is 0.724. The lowest BCUT2D eigenvalue weighted by atomic mass is 10.1. The predicted octanol–water partition coefficient (Wildman–Crippen LogP) is 7.68. The maximum Gasteiger partial charge on any atom is 0.297 e. The molecule has 6 rings (SSSR count). The third kappa shape index (κ3) is 6.61. The molecule has 0 spiro atoms. The molecule has 13 nitrogen and oxygen atoms in total. The number of para-hydroxylation sites is 1. The Morgan fingerprint density at radius 2 is 1.57 bits per heavy atom. The highest BCUT2D eigenvalue weighted by Crippen LogP contribution is 2.42. The van der Waals surface area contributed by atoms with E-state index < -0.39 is 31.8 Å². The topological polar surface area (TPSA) is 191 Å². The molecule has 238 valence electrons. The number of benzene rings is 5. The summed E-state index contributed by atoms with van der Waals surface area (Å²) in [6, 6.07) is 24.7. The molecule has 0 fully saturated rings. The van der Waals surface area contributed by atoms with Crippen LogP contribution in [0.25, 0.3) is 21.5 Å². The van der Waals surface area contributed by atoms with Gasteiger partial charge in [-0.15, -0.1) is 10.2 Å². The molecule has 5 aromatic carbocycles. The average Bonchev–Trinajstić information content (AvgIpc) is 3.04. The minimum atomic E-state index is -4.71. The number of phenols is 1. The summed E-state index contributed by atoms with van der Waals surface area (Å²) in [4.78, 5) is 14.3. The lowest BCUT2D eigenvalue weighted by Gasteiger charge is -2.21. The molecule has 0 aliphatic rings. The number of halogens is 1. The second-order valence-electron chi connectivity index (χ2n) is 9.99. The fourth-order valence-corrected chi connectivity index (χ4v) is 6.50. The number of aromatic hydroxyl groups is 1. The highest BCUT2D eigenvalue weighted by Gasteiger charge is 2.21. The molecule has 1 atom stereocenters. The predicted molar refractivity (Wildman–Crippen MR) is 180 cm³/mol. The maximum atomic E-state index is 12.3. The first-order valence-electron chi connectivity index (χ1n) is 13.9. The molecule has 1 heterocycles. The normalized spacial score (nSPS) is 12.5. The molecule has 1 unspecified atom stereocenters. The summed E-state index contributed by atoms with van der Waals surface area (Å²) in [6.07, 6.45) is 0. The van der Waals surface area contributed by atoms with Gasteiger partial charge in [-0.3, -0.25) is 4.55 Å². The van der Waals surface area contributed by atoms with E-state index in [0.717, 1.165) is 5.69 Å². The van der Waals surface area contributed by atoms with E-state index in [-0.39, 0.29) is 49.9 Å². The van der Waals surface area contributed by atoms with E-state index in [1.54, 1.807) is 29.2 Å². The highest BCUT2D eigenvalue weighted by molar-refractivity contribution is 7.86. The van der Waals surface area contributed by atoms with Crippen LogP contribution in [0.1, 0.15) is 6.92 Å². The third-order valence-corrected chi connectivity index (χ3v) is 8.85. The molecule has 6 aromatic rings. The highest BCUT2D eigenvalue weighted by atomic mass is 35.5. The largest absolute Gasteiger partial charge is 0.505 e. The molecular formula is C31H24ClN7O6S2. The van der Waals surface area contributed by atoms with Gasteiger partial charge in [-0.05, 0) is 65.7 Å². The number of hydrogen-bond donors (Lipinski definition) is 4. The lowest BCUT2D eigenvalue weighted by Crippen LogP contribution is -2.19. The monoisotopic (exact) mass is 689 g/mol. The number of aromatic nitrogens is 3. The van der Waals surface area contributed by atoms with Gasteiger partial charge in [-0.25, -0.2) is 4.21 Å². The van der Waals surface area contributed by atoms with Crippen LogP contribution in [0.2, 0.25) is 5.28 Å². The molecule has 1 aromatic heterocycles. The Balaban J connectivity index is 1.45. The number of hydrogen-bond acceptors (Lipinski definition) is 11. The van der Waals surface area contributed by atoms with Crippen molar-refractivity contribution >= 4 is 89.0 Å². The minimum Gasteiger partial charge on any atom is -0.505 e. The van der Waals surface area contributed by atoms with Gasteiger partial charge in [0.25, 0.3) is 10.1 Å². The molecule has 4 N–H and O–H groups in total. The standard InChI is InChI=1S/C31H24ClN7O6S2/c1-2-39(20-9-4-3-5-10-20)31-35-29(32)34-30(36-31)33-25-17-21(46(41)42)16-19-13-14-23(27(40)26(19)25)37-38-24-15-12-18-8-6-7-11-22(18)28(24)47(43,44)45/h3-17,40H,2H2,1H3,(H,41,42)(H,43,44,45)(H,33,34,35,36)/b38-37+. The van der Waals surface area contributed by atoms with E-state index >= 15 is 0 Å². The molecule has 0 saturated heterocycles. The quantitative estimate of drug-likeness (QED) is 0.0661. The van der Waals surface area contributed by atoms with Crippen molar-refractivity contribution in [2.24, 2.45) is 10.2 Å². The Hall–Kier alpha value is -5.06. The fraction of sp³-hybridized carbons (Fsp3) is 0.0645. The molecule has 0 radical (unpaired) electrons. The van der Waals surface area contributed by atoms with Gasteiger partial charge >= 0.3 is 0 Å². The van der Waals surface area contributed by atoms with Crippen LogP contribution in [0, 0.1) is 0 Å². The van der Waals surface area contributed by atoms with E-state index in [9.17, 15) is 26.8 Å². The van der Waals surface area contributed by atoms with Crippen LogP contribution in [-0.2, 0) is 21.2 Å². The molecule has 16 heteroatoms. The average molecular weight is 690 g/mol. The molecule has 0 amide bonds. The van der Waals surface area contributed by atoms with Crippen LogP contribution in [0.4, 0.5) is 34.6 Å². The molecule has 0 aliphatic carbocycles. The van der Waals surface area contributed by atoms with Crippen molar-refractivity contribution in [2.75, 3.05) is 16.8 Å². The molecular weight excluding hydrogens is 666 g/mol. The molecule has 0 bridgehead atoms. The summed E-state index contributed by atoms with van der Waals surface area (Å²) >= 11 is 3.90. The molecule has 0 aliphatic heterocycles. The van der Waals surface area contributed by atoms with Gasteiger partial charge in [0.15, 0.2) is 16.8 Å². The second kappa shape index (κ2) is 13.0. The van der Waals surface area contributed by atoms with E-state index in [1.807, 2.05) is 37.3 Å². The van der Waals surface area contributed by atoms with Crippen LogP contribution in [-0.4, -0.2) is 48.3 Å². The lowest BCUT2D eigenvalue weighted by molar-refractivity contribution is 0.482. The number of azo groups is 1. The Labute approximate surface area is 275 Å². The Morgan fingerprint density at radius 1 is 0.894 bits per heavy atom. The van der Waals surface area contributed by atoms with Crippen LogP contribution in [0.5, 0.6) is 5.75 Å². The third-order valence-electron chi connectivity index (χ3n) is 7.09. The van der Waals surface area contributed by atoms with Crippen molar-refractivity contribution in [3.8, 4) is 5.75 Å². The summed E-state index contributed by atoms with van der Waals surface area (Å²) < 4.78 is 56.7. The van der Waals surface area contributed by atoms with E-state index in [4.69, 9.17) is 11.6 Å². The number of nitrogens with one attached hydrogen (secondary N) is 1. The number of anilines is 4. The van der Waals surface area contributed by atoms with Gasteiger partial charge in [0.1, 0.15) is 16.3 Å². The van der Waals surface area contributed by atoms with Crippen LogP contribution in [0.3, 0.4) is 0 Å². The number of fused-ring (bicyclic) bond motifs is 2. The summed E-state index contributed by atoms with van der Waals surface area (Å²) in [7, 11) is -4.71. The van der Waals surface area contributed by atoms with Crippen LogP contribution >= 0.6 is 11.6 Å². The van der Waals surface area contributed by atoms with Gasteiger partial charge < -0.3 is 19.9 Å². The van der Waals surface area contributed by atoms with Crippen molar-refractivity contribution in [3.05, 3.63) is 96.3 Å². The smallest absolute Gasteiger partial charge is 0.297 e. The first-order valence-corrected chi connectivity index (χ1v) is 16.8. The number of phenolic OH excluding ortho intramolecular Hbond substituents is 1.